The van der Waals surface area contributed by atoms with Crippen LogP contribution in [-0.2, 0) is 16.6 Å². The van der Waals surface area contributed by atoms with Gasteiger partial charge in [0, 0.05) is 12.0 Å². The van der Waals surface area contributed by atoms with E-state index in [2.05, 4.69) is 17.4 Å². The monoisotopic (exact) mass is 395 g/mol. The molecule has 2 aromatic carbocycles. The zero-order valence-corrected chi connectivity index (χ0v) is 17.3. The lowest BCUT2D eigenvalue weighted by molar-refractivity contribution is -0.120. The van der Waals surface area contributed by atoms with Gasteiger partial charge in [0.2, 0.25) is 5.91 Å². The largest absolute Gasteiger partial charge is 0.496 e. The molecule has 1 aliphatic heterocycles. The zero-order chi connectivity index (χ0) is 20.3. The lowest BCUT2D eigenvalue weighted by Crippen LogP contribution is -2.39. The molecule has 1 amide bonds. The van der Waals surface area contributed by atoms with Gasteiger partial charge in [0.05, 0.1) is 13.5 Å². The van der Waals surface area contributed by atoms with E-state index in [-0.39, 0.29) is 11.3 Å². The number of fused-ring (bicyclic) bond motifs is 1. The summed E-state index contributed by atoms with van der Waals surface area (Å²) in [5, 5.41) is 3.19. The molecule has 1 N–H and O–H groups in total. The summed E-state index contributed by atoms with van der Waals surface area (Å²) in [7, 11) is 1.66. The van der Waals surface area contributed by atoms with E-state index in [0.29, 0.717) is 26.2 Å². The summed E-state index contributed by atoms with van der Waals surface area (Å²) < 4.78 is 16.8. The molecule has 1 aliphatic carbocycles. The molecule has 2 aromatic rings. The Morgan fingerprint density at radius 2 is 1.83 bits per heavy atom. The van der Waals surface area contributed by atoms with Crippen LogP contribution in [0.1, 0.15) is 42.4 Å². The van der Waals surface area contributed by atoms with Crippen molar-refractivity contribution in [1.82, 2.24) is 5.32 Å². The molecule has 0 saturated heterocycles. The summed E-state index contributed by atoms with van der Waals surface area (Å²) in [6.45, 7) is 3.83. The second kappa shape index (κ2) is 8.36. The van der Waals surface area contributed by atoms with Crippen molar-refractivity contribution in [2.75, 3.05) is 26.9 Å². The van der Waals surface area contributed by atoms with Gasteiger partial charge in [-0.25, -0.2) is 0 Å². The van der Waals surface area contributed by atoms with E-state index in [1.165, 1.54) is 18.4 Å². The lowest BCUT2D eigenvalue weighted by Gasteiger charge is -2.31. The number of hydrogen-bond acceptors (Lipinski definition) is 4. The van der Waals surface area contributed by atoms with Crippen molar-refractivity contribution in [3.05, 3.63) is 53.1 Å². The second-order valence-corrected chi connectivity index (χ2v) is 8.10. The summed E-state index contributed by atoms with van der Waals surface area (Å²) in [6.07, 6.45) is 4.86. The van der Waals surface area contributed by atoms with E-state index in [0.717, 1.165) is 41.2 Å². The molecule has 154 valence electrons. The van der Waals surface area contributed by atoms with Gasteiger partial charge in [-0.1, -0.05) is 31.0 Å². The number of carbonyl (C=O) groups is 1. The molecule has 0 aromatic heterocycles. The fourth-order valence-corrected chi connectivity index (χ4v) is 4.48. The third-order valence-corrected chi connectivity index (χ3v) is 6.18. The maximum absolute atomic E-state index is 12.7. The molecule has 1 heterocycles. The number of benzene rings is 2. The van der Waals surface area contributed by atoms with E-state index in [4.69, 9.17) is 14.2 Å². The van der Waals surface area contributed by atoms with Crippen LogP contribution in [0.3, 0.4) is 0 Å². The van der Waals surface area contributed by atoms with Gasteiger partial charge in [0.25, 0.3) is 0 Å². The summed E-state index contributed by atoms with van der Waals surface area (Å²) >= 11 is 0. The summed E-state index contributed by atoms with van der Waals surface area (Å²) in [5.74, 6) is 2.49. The van der Waals surface area contributed by atoms with Crippen LogP contribution in [-0.4, -0.2) is 32.8 Å². The molecule has 29 heavy (non-hydrogen) atoms. The Morgan fingerprint density at radius 3 is 2.59 bits per heavy atom. The first kappa shape index (κ1) is 19.6. The highest BCUT2D eigenvalue weighted by Crippen LogP contribution is 2.43. The van der Waals surface area contributed by atoms with Crippen molar-refractivity contribution < 1.29 is 19.0 Å². The van der Waals surface area contributed by atoms with Crippen molar-refractivity contribution in [2.45, 2.75) is 44.4 Å². The normalized spacial score (nSPS) is 17.0. The van der Waals surface area contributed by atoms with Crippen molar-refractivity contribution >= 4 is 5.91 Å². The van der Waals surface area contributed by atoms with E-state index < -0.39 is 0 Å². The molecule has 5 heteroatoms. The lowest BCUT2D eigenvalue weighted by atomic mass is 9.78. The van der Waals surface area contributed by atoms with Crippen LogP contribution in [0.5, 0.6) is 17.2 Å². The van der Waals surface area contributed by atoms with Crippen molar-refractivity contribution in [2.24, 2.45) is 0 Å². The molecular formula is C24H29NO4. The Bertz CT molecular complexity index is 886. The number of amides is 1. The molecule has 1 saturated carbocycles. The van der Waals surface area contributed by atoms with E-state index >= 15 is 0 Å². The summed E-state index contributed by atoms with van der Waals surface area (Å²) in [5.41, 5.74) is 3.23. The Kier molecular flexibility index (Phi) is 5.65. The number of aryl methyl sites for hydroxylation is 1. The molecule has 1 fully saturated rings. The van der Waals surface area contributed by atoms with Gasteiger partial charge in [-0.05, 0) is 54.7 Å². The fraction of sp³-hybridized carbons (Fsp3) is 0.458. The first-order valence-corrected chi connectivity index (χ1v) is 10.4. The third-order valence-electron chi connectivity index (χ3n) is 6.18. The zero-order valence-electron chi connectivity index (χ0n) is 17.3. The Hall–Kier alpha value is -2.69. The van der Waals surface area contributed by atoms with Gasteiger partial charge in [0.15, 0.2) is 11.5 Å². The molecule has 0 spiro atoms. The van der Waals surface area contributed by atoms with Gasteiger partial charge in [0.1, 0.15) is 19.0 Å². The highest BCUT2D eigenvalue weighted by molar-refractivity contribution is 5.79. The SMILES string of the molecule is COc1cc(CC(=O)NCC2(c3ccc4c(c3)OCCO4)CCCC2)ccc1C. The Labute approximate surface area is 172 Å². The molecule has 0 radical (unpaired) electrons. The number of methoxy groups -OCH3 is 1. The standard InChI is InChI=1S/C24H29NO4/c1-17-5-6-18(13-21(17)27-2)14-23(26)25-16-24(9-3-4-10-24)19-7-8-20-22(15-19)29-12-11-28-20/h5-8,13,15H,3-4,9-12,14,16H2,1-2H3,(H,25,26). The minimum atomic E-state index is -0.0313. The van der Waals surface area contributed by atoms with Gasteiger partial charge in [-0.2, -0.15) is 0 Å². The van der Waals surface area contributed by atoms with E-state index in [1.807, 2.05) is 31.2 Å². The highest BCUT2D eigenvalue weighted by Gasteiger charge is 2.36. The van der Waals surface area contributed by atoms with Gasteiger partial charge in [-0.3, -0.25) is 4.79 Å². The molecule has 0 unspecified atom stereocenters. The van der Waals surface area contributed by atoms with E-state index in [1.54, 1.807) is 7.11 Å². The topological polar surface area (TPSA) is 56.8 Å². The highest BCUT2D eigenvalue weighted by atomic mass is 16.6. The number of ether oxygens (including phenoxy) is 3. The second-order valence-electron chi connectivity index (χ2n) is 8.10. The summed E-state index contributed by atoms with van der Waals surface area (Å²) in [4.78, 5) is 12.7. The fourth-order valence-electron chi connectivity index (χ4n) is 4.48. The predicted octanol–water partition coefficient (Wildman–Crippen LogP) is 3.95. The van der Waals surface area contributed by atoms with E-state index in [9.17, 15) is 4.79 Å². The first-order valence-electron chi connectivity index (χ1n) is 10.4. The van der Waals surface area contributed by atoms with Gasteiger partial charge < -0.3 is 19.5 Å². The maximum atomic E-state index is 12.7. The van der Waals surface area contributed by atoms with Crippen LogP contribution in [0.15, 0.2) is 36.4 Å². The molecule has 0 bridgehead atoms. The smallest absolute Gasteiger partial charge is 0.224 e. The van der Waals surface area contributed by atoms with Crippen LogP contribution < -0.4 is 19.5 Å². The maximum Gasteiger partial charge on any atom is 0.224 e. The number of rotatable bonds is 6. The predicted molar refractivity (Wildman–Crippen MR) is 112 cm³/mol. The van der Waals surface area contributed by atoms with Crippen molar-refractivity contribution in [3.8, 4) is 17.2 Å². The average molecular weight is 395 g/mol. The number of nitrogens with one attached hydrogen (secondary N) is 1. The Morgan fingerprint density at radius 1 is 1.07 bits per heavy atom. The third kappa shape index (κ3) is 4.19. The van der Waals surface area contributed by atoms with Crippen molar-refractivity contribution in [1.29, 1.82) is 0 Å². The van der Waals surface area contributed by atoms with Crippen LogP contribution in [0.4, 0.5) is 0 Å². The van der Waals surface area contributed by atoms with Crippen LogP contribution >= 0.6 is 0 Å². The molecule has 5 nitrogen and oxygen atoms in total. The summed E-state index contributed by atoms with van der Waals surface area (Å²) in [6, 6.07) is 12.2. The van der Waals surface area contributed by atoms with Crippen LogP contribution in [0.25, 0.3) is 0 Å². The number of hydrogen-bond donors (Lipinski definition) is 1. The van der Waals surface area contributed by atoms with Crippen molar-refractivity contribution in [3.63, 3.8) is 0 Å². The van der Waals surface area contributed by atoms with Crippen LogP contribution in [0, 0.1) is 6.92 Å². The quantitative estimate of drug-likeness (QED) is 0.805. The van der Waals surface area contributed by atoms with Gasteiger partial charge in [-0.15, -0.1) is 0 Å². The van der Waals surface area contributed by atoms with Gasteiger partial charge >= 0.3 is 0 Å². The molecular weight excluding hydrogens is 366 g/mol. The molecule has 2 aliphatic rings. The number of carbonyl (C=O) groups excluding carboxylic acids is 1. The molecule has 4 rings (SSSR count). The minimum absolute atomic E-state index is 0.0313. The minimum Gasteiger partial charge on any atom is -0.496 e. The first-order chi connectivity index (χ1) is 14.1. The molecule has 0 atom stereocenters. The van der Waals surface area contributed by atoms with Crippen LogP contribution in [0.2, 0.25) is 0 Å². The average Bonchev–Trinajstić information content (AvgIpc) is 3.23. The Balaban J connectivity index is 1.45.